The molecule has 2 heterocycles. The number of aliphatic hydroxyl groups is 1. The van der Waals surface area contributed by atoms with Crippen LogP contribution in [0, 0.1) is 6.92 Å². The average Bonchev–Trinajstić information content (AvgIpc) is 2.82. The fourth-order valence-electron chi connectivity index (χ4n) is 3.46. The van der Waals surface area contributed by atoms with E-state index in [0.717, 1.165) is 24.4 Å². The van der Waals surface area contributed by atoms with E-state index in [1.54, 1.807) is 18.2 Å². The zero-order chi connectivity index (χ0) is 22.2. The third kappa shape index (κ3) is 3.90. The molecule has 5 nitrogen and oxygen atoms in total. The second kappa shape index (κ2) is 7.93. The van der Waals surface area contributed by atoms with Crippen molar-refractivity contribution in [3.63, 3.8) is 0 Å². The Labute approximate surface area is 168 Å². The van der Waals surface area contributed by atoms with Gasteiger partial charge in [-0.05, 0) is 31.9 Å². The summed E-state index contributed by atoms with van der Waals surface area (Å²) in [5.74, 6) is -0.291. The highest BCUT2D eigenvalue weighted by molar-refractivity contribution is 5.95. The predicted octanol–water partition coefficient (Wildman–Crippen LogP) is 4.30. The molecule has 0 spiro atoms. The van der Waals surface area contributed by atoms with Gasteiger partial charge >= 0.3 is 18.2 Å². The number of rotatable bonds is 3. The summed E-state index contributed by atoms with van der Waals surface area (Å²) < 4.78 is 83.0. The van der Waals surface area contributed by atoms with Gasteiger partial charge in [0, 0.05) is 13.0 Å². The van der Waals surface area contributed by atoms with Crippen LogP contribution in [0.5, 0.6) is 0 Å². The number of alkyl halides is 6. The highest BCUT2D eigenvalue weighted by Gasteiger charge is 2.74. The SMILES string of the molecule is Cc1[nH][n+](-c2ccccc2)c(NC2=NCCCCC2)c1C(O)(C(F)(F)F)C(F)(F)F. The number of anilines is 1. The Balaban J connectivity index is 2.27. The lowest BCUT2D eigenvalue weighted by Crippen LogP contribution is -2.55. The van der Waals surface area contributed by atoms with Crippen molar-refractivity contribution in [2.75, 3.05) is 11.9 Å². The van der Waals surface area contributed by atoms with E-state index in [2.05, 4.69) is 15.4 Å². The maximum atomic E-state index is 13.7. The number of aromatic amines is 1. The molecule has 1 aliphatic heterocycles. The average molecular weight is 435 g/mol. The van der Waals surface area contributed by atoms with Crippen LogP contribution < -0.4 is 10.00 Å². The van der Waals surface area contributed by atoms with Gasteiger partial charge in [0.25, 0.3) is 5.60 Å². The Hall–Kier alpha value is -2.56. The summed E-state index contributed by atoms with van der Waals surface area (Å²) in [5, 5.41) is 15.3. The molecule has 0 radical (unpaired) electrons. The van der Waals surface area contributed by atoms with Crippen molar-refractivity contribution in [1.29, 1.82) is 0 Å². The predicted molar refractivity (Wildman–Crippen MR) is 97.5 cm³/mol. The molecule has 0 atom stereocenters. The summed E-state index contributed by atoms with van der Waals surface area (Å²) in [5.41, 5.74) is -6.60. The highest BCUT2D eigenvalue weighted by atomic mass is 19.4. The summed E-state index contributed by atoms with van der Waals surface area (Å²) in [6.45, 7) is 1.46. The van der Waals surface area contributed by atoms with Crippen LogP contribution in [0.25, 0.3) is 5.69 Å². The standard InChI is InChI=1S/C19H20F6N4O/c1-12-15(17(30,18(20,21)22)19(23,24)25)16(27-14-10-6-3-7-11-26-14)29(28-12)13-8-4-2-5-9-13/h2,4-5,8-9,30H,3,6-7,10-11H2,1H3,(H,26,27,28)/p+1. The third-order valence-corrected chi connectivity index (χ3v) is 4.95. The van der Waals surface area contributed by atoms with Crippen LogP contribution in [0.3, 0.4) is 0 Å². The monoisotopic (exact) mass is 435 g/mol. The van der Waals surface area contributed by atoms with Crippen LogP contribution in [0.4, 0.5) is 32.2 Å². The summed E-state index contributed by atoms with van der Waals surface area (Å²) in [4.78, 5) is 4.24. The third-order valence-electron chi connectivity index (χ3n) is 4.95. The number of nitrogens with zero attached hydrogens (tertiary/aromatic N) is 2. The molecule has 1 aromatic heterocycles. The van der Waals surface area contributed by atoms with E-state index in [4.69, 9.17) is 0 Å². The number of halogens is 6. The van der Waals surface area contributed by atoms with Gasteiger partial charge in [-0.1, -0.05) is 24.6 Å². The first-order chi connectivity index (χ1) is 14.0. The molecule has 30 heavy (non-hydrogen) atoms. The van der Waals surface area contributed by atoms with Gasteiger partial charge in [-0.15, -0.1) is 4.68 Å². The maximum Gasteiger partial charge on any atom is 0.431 e. The lowest BCUT2D eigenvalue weighted by Gasteiger charge is -2.31. The van der Waals surface area contributed by atoms with Crippen molar-refractivity contribution in [2.45, 2.75) is 50.6 Å². The van der Waals surface area contributed by atoms with Crippen molar-refractivity contribution >= 4 is 11.7 Å². The molecule has 1 aliphatic rings. The minimum Gasteiger partial charge on any atom is -0.369 e. The van der Waals surface area contributed by atoms with Gasteiger partial charge in [0.15, 0.2) is 11.5 Å². The van der Waals surface area contributed by atoms with Crippen LogP contribution in [-0.2, 0) is 5.60 Å². The van der Waals surface area contributed by atoms with E-state index in [1.165, 1.54) is 12.1 Å². The van der Waals surface area contributed by atoms with E-state index in [1.807, 2.05) is 0 Å². The van der Waals surface area contributed by atoms with Gasteiger partial charge in [0.05, 0.1) is 5.69 Å². The number of aromatic nitrogens is 2. The molecule has 3 rings (SSSR count). The van der Waals surface area contributed by atoms with Crippen molar-refractivity contribution in [3.05, 3.63) is 41.6 Å². The van der Waals surface area contributed by atoms with Gasteiger partial charge in [-0.25, -0.2) is 10.4 Å². The molecule has 0 bridgehead atoms. The van der Waals surface area contributed by atoms with E-state index >= 15 is 0 Å². The number of hydrogen-bond donors (Lipinski definition) is 3. The normalized spacial score (nSPS) is 16.2. The van der Waals surface area contributed by atoms with Crippen molar-refractivity contribution in [1.82, 2.24) is 5.10 Å². The molecule has 0 fully saturated rings. The van der Waals surface area contributed by atoms with Crippen LogP contribution in [-0.4, -0.2) is 34.9 Å². The van der Waals surface area contributed by atoms with Gasteiger partial charge in [-0.3, -0.25) is 4.99 Å². The number of amidine groups is 1. The molecule has 164 valence electrons. The Kier molecular flexibility index (Phi) is 5.85. The Morgan fingerprint density at radius 3 is 2.23 bits per heavy atom. The van der Waals surface area contributed by atoms with E-state index < -0.39 is 35.0 Å². The fourth-order valence-corrected chi connectivity index (χ4v) is 3.46. The smallest absolute Gasteiger partial charge is 0.369 e. The van der Waals surface area contributed by atoms with Crippen LogP contribution in [0.1, 0.15) is 36.9 Å². The topological polar surface area (TPSA) is 64.3 Å². The second-order valence-electron chi connectivity index (χ2n) is 7.10. The number of aryl methyl sites for hydroxylation is 1. The molecule has 2 aromatic rings. The number of hydrogen-bond acceptors (Lipinski definition) is 3. The van der Waals surface area contributed by atoms with E-state index in [-0.39, 0.29) is 11.5 Å². The largest absolute Gasteiger partial charge is 0.431 e. The first-order valence-corrected chi connectivity index (χ1v) is 9.33. The molecular formula is C19H21F6N4O+. The molecule has 0 aliphatic carbocycles. The quantitative estimate of drug-likeness (QED) is 0.497. The molecule has 0 unspecified atom stereocenters. The van der Waals surface area contributed by atoms with Crippen molar-refractivity contribution in [3.8, 4) is 5.69 Å². The number of H-pyrrole nitrogens is 1. The number of para-hydroxylation sites is 1. The van der Waals surface area contributed by atoms with E-state index in [9.17, 15) is 31.4 Å². The van der Waals surface area contributed by atoms with Crippen molar-refractivity contribution in [2.24, 2.45) is 4.99 Å². The molecule has 0 amide bonds. The second-order valence-corrected chi connectivity index (χ2v) is 7.10. The Bertz CT molecular complexity index is 904. The Morgan fingerprint density at radius 1 is 1.00 bits per heavy atom. The number of benzene rings is 1. The van der Waals surface area contributed by atoms with Crippen LogP contribution in [0.15, 0.2) is 35.3 Å². The van der Waals surface area contributed by atoms with E-state index in [0.29, 0.717) is 19.4 Å². The van der Waals surface area contributed by atoms with Gasteiger partial charge in [0.1, 0.15) is 5.56 Å². The van der Waals surface area contributed by atoms with Gasteiger partial charge in [-0.2, -0.15) is 26.3 Å². The number of aliphatic imine (C=N–C) groups is 1. The minimum atomic E-state index is -6.01. The molecule has 11 heteroatoms. The summed E-state index contributed by atoms with van der Waals surface area (Å²) >= 11 is 0. The molecule has 0 saturated carbocycles. The van der Waals surface area contributed by atoms with Crippen molar-refractivity contribution < 1.29 is 36.1 Å². The number of nitrogens with one attached hydrogen (secondary N) is 2. The molecular weight excluding hydrogens is 414 g/mol. The molecule has 0 saturated heterocycles. The zero-order valence-electron chi connectivity index (χ0n) is 16.0. The van der Waals surface area contributed by atoms with Crippen LogP contribution >= 0.6 is 0 Å². The first kappa shape index (κ1) is 22.1. The first-order valence-electron chi connectivity index (χ1n) is 9.33. The van der Waals surface area contributed by atoms with Gasteiger partial charge in [0.2, 0.25) is 0 Å². The van der Waals surface area contributed by atoms with Crippen LogP contribution in [0.2, 0.25) is 0 Å². The lowest BCUT2D eigenvalue weighted by atomic mass is 9.91. The molecule has 3 N–H and O–H groups in total. The highest BCUT2D eigenvalue weighted by Crippen LogP contribution is 2.52. The summed E-state index contributed by atoms with van der Waals surface area (Å²) in [6.07, 6.45) is -9.32. The lowest BCUT2D eigenvalue weighted by molar-refractivity contribution is -0.642. The zero-order valence-corrected chi connectivity index (χ0v) is 16.0. The van der Waals surface area contributed by atoms with Gasteiger partial charge < -0.3 is 5.11 Å². The maximum absolute atomic E-state index is 13.7. The molecule has 1 aromatic carbocycles. The summed E-state index contributed by atoms with van der Waals surface area (Å²) in [6, 6.07) is 7.86. The Morgan fingerprint density at radius 2 is 1.63 bits per heavy atom. The summed E-state index contributed by atoms with van der Waals surface area (Å²) in [7, 11) is 0. The fraction of sp³-hybridized carbons (Fsp3) is 0.474. The minimum absolute atomic E-state index is 0.268.